The smallest absolute Gasteiger partial charge is 0.308 e. The molecule has 0 amide bonds. The first-order valence-electron chi connectivity index (χ1n) is 13.7. The lowest BCUT2D eigenvalue weighted by molar-refractivity contribution is -0.180. The van der Waals surface area contributed by atoms with Gasteiger partial charge in [-0.3, -0.25) is 9.59 Å². The molecular weight excluding hydrogens is 418 g/mol. The molecule has 0 aromatic carbocycles. The number of ether oxygens (including phenoxy) is 3. The van der Waals surface area contributed by atoms with Crippen LogP contribution in [0.15, 0.2) is 0 Å². The van der Waals surface area contributed by atoms with E-state index in [-0.39, 0.29) is 24.6 Å². The summed E-state index contributed by atoms with van der Waals surface area (Å²) in [4.78, 5) is 25.9. The van der Waals surface area contributed by atoms with Crippen molar-refractivity contribution in [2.45, 2.75) is 135 Å². The minimum absolute atomic E-state index is 0.170. The number of esters is 2. The lowest BCUT2D eigenvalue weighted by atomic mass is 10.0. The second-order valence-electron chi connectivity index (χ2n) is 9.84. The number of carbonyl (C=O) groups is 2. The summed E-state index contributed by atoms with van der Waals surface area (Å²) in [7, 11) is 3.97. The maximum atomic E-state index is 12.1. The molecule has 0 aliphatic carbocycles. The molecule has 1 aliphatic heterocycles. The Bertz CT molecular complexity index is 497. The van der Waals surface area contributed by atoms with E-state index in [1.165, 1.54) is 70.6 Å². The molecule has 0 N–H and O–H groups in total. The molecule has 1 aliphatic rings. The van der Waals surface area contributed by atoms with Gasteiger partial charge in [-0.2, -0.15) is 0 Å². The molecule has 33 heavy (non-hydrogen) atoms. The summed E-state index contributed by atoms with van der Waals surface area (Å²) in [5.74, 6) is -0.368. The summed E-state index contributed by atoms with van der Waals surface area (Å²) in [6.45, 7) is 3.37. The monoisotopic (exact) mass is 469 g/mol. The molecule has 6 nitrogen and oxygen atoms in total. The van der Waals surface area contributed by atoms with Crippen LogP contribution in [-0.2, 0) is 23.8 Å². The molecule has 0 radical (unpaired) electrons. The van der Waals surface area contributed by atoms with Gasteiger partial charge in [-0.05, 0) is 39.9 Å². The Morgan fingerprint density at radius 3 is 1.88 bits per heavy atom. The second-order valence-corrected chi connectivity index (χ2v) is 9.84. The third kappa shape index (κ3) is 17.9. The van der Waals surface area contributed by atoms with Crippen molar-refractivity contribution in [2.75, 3.05) is 27.2 Å². The topological polar surface area (TPSA) is 65.1 Å². The van der Waals surface area contributed by atoms with Gasteiger partial charge in [-0.15, -0.1) is 0 Å². The first-order chi connectivity index (χ1) is 16.0. The van der Waals surface area contributed by atoms with Crippen LogP contribution in [0, 0.1) is 0 Å². The quantitative estimate of drug-likeness (QED) is 0.143. The number of hydrogen-bond donors (Lipinski definition) is 0. The minimum atomic E-state index is -0.489. The highest BCUT2D eigenvalue weighted by Gasteiger charge is 2.28. The molecule has 1 fully saturated rings. The predicted octanol–water partition coefficient (Wildman–Crippen LogP) is 6.40. The minimum Gasteiger partial charge on any atom is -0.463 e. The molecule has 1 heterocycles. The highest BCUT2D eigenvalue weighted by Crippen LogP contribution is 2.22. The van der Waals surface area contributed by atoms with Crippen molar-refractivity contribution < 1.29 is 23.8 Å². The van der Waals surface area contributed by atoms with Crippen molar-refractivity contribution in [3.05, 3.63) is 0 Å². The highest BCUT2D eigenvalue weighted by atomic mass is 16.7. The second kappa shape index (κ2) is 20.3. The van der Waals surface area contributed by atoms with Crippen LogP contribution in [0.5, 0.6) is 0 Å². The van der Waals surface area contributed by atoms with E-state index in [9.17, 15) is 9.59 Å². The Morgan fingerprint density at radius 2 is 1.30 bits per heavy atom. The maximum absolute atomic E-state index is 12.1. The summed E-state index contributed by atoms with van der Waals surface area (Å²) in [6, 6.07) is 0. The van der Waals surface area contributed by atoms with Crippen LogP contribution in [0.1, 0.15) is 122 Å². The standard InChI is InChI=1S/C27H51NO5/c1-4-5-6-7-8-9-10-11-12-13-14-15-16-18-26(30)33-27-21-20-24(32-27)23-31-25(29)19-17-22-28(2)3/h24,27H,4-23H2,1-3H3/t24-,27-/m0/s1. The van der Waals surface area contributed by atoms with Crippen LogP contribution in [0.3, 0.4) is 0 Å². The van der Waals surface area contributed by atoms with Crippen molar-refractivity contribution in [1.82, 2.24) is 4.90 Å². The van der Waals surface area contributed by atoms with Crippen LogP contribution in [0.4, 0.5) is 0 Å². The van der Waals surface area contributed by atoms with Crippen LogP contribution in [0.2, 0.25) is 0 Å². The van der Waals surface area contributed by atoms with Crippen LogP contribution in [0.25, 0.3) is 0 Å². The van der Waals surface area contributed by atoms with E-state index < -0.39 is 6.29 Å². The molecule has 0 bridgehead atoms. The summed E-state index contributed by atoms with van der Waals surface area (Å²) >= 11 is 0. The van der Waals surface area contributed by atoms with E-state index in [1.807, 2.05) is 19.0 Å². The molecule has 194 valence electrons. The normalized spacial score (nSPS) is 18.1. The molecule has 1 rings (SSSR count). The number of nitrogens with zero attached hydrogens (tertiary/aromatic N) is 1. The average Bonchev–Trinajstić information content (AvgIpc) is 3.22. The SMILES string of the molecule is CCCCCCCCCCCCCCCC(=O)O[C@H]1CC[C@@H](COC(=O)CCCN(C)C)O1. The fourth-order valence-electron chi connectivity index (χ4n) is 4.17. The molecule has 0 spiro atoms. The molecular formula is C27H51NO5. The fourth-order valence-corrected chi connectivity index (χ4v) is 4.17. The van der Waals surface area contributed by atoms with E-state index in [2.05, 4.69) is 6.92 Å². The maximum Gasteiger partial charge on any atom is 0.308 e. The van der Waals surface area contributed by atoms with Crippen LogP contribution >= 0.6 is 0 Å². The van der Waals surface area contributed by atoms with E-state index in [4.69, 9.17) is 14.2 Å². The molecule has 6 heteroatoms. The highest BCUT2D eigenvalue weighted by molar-refractivity contribution is 5.69. The van der Waals surface area contributed by atoms with Crippen molar-refractivity contribution in [2.24, 2.45) is 0 Å². The van der Waals surface area contributed by atoms with Gasteiger partial charge in [0.1, 0.15) is 6.61 Å². The van der Waals surface area contributed by atoms with Gasteiger partial charge in [0.05, 0.1) is 6.10 Å². The Morgan fingerprint density at radius 1 is 0.758 bits per heavy atom. The molecule has 0 saturated carbocycles. The van der Waals surface area contributed by atoms with Gasteiger partial charge in [-0.1, -0.05) is 84.0 Å². The van der Waals surface area contributed by atoms with Gasteiger partial charge in [-0.25, -0.2) is 0 Å². The fraction of sp³-hybridized carbons (Fsp3) is 0.926. The Labute approximate surface area is 203 Å². The number of rotatable bonds is 21. The Hall–Kier alpha value is -1.14. The van der Waals surface area contributed by atoms with Gasteiger partial charge in [0.2, 0.25) is 6.29 Å². The summed E-state index contributed by atoms with van der Waals surface area (Å²) in [5, 5.41) is 0. The predicted molar refractivity (Wildman–Crippen MR) is 133 cm³/mol. The van der Waals surface area contributed by atoms with Gasteiger partial charge in [0, 0.05) is 19.3 Å². The zero-order chi connectivity index (χ0) is 24.2. The first-order valence-corrected chi connectivity index (χ1v) is 13.7. The molecule has 0 aromatic heterocycles. The molecule has 0 aromatic rings. The van der Waals surface area contributed by atoms with E-state index in [0.29, 0.717) is 19.3 Å². The van der Waals surface area contributed by atoms with Crippen molar-refractivity contribution >= 4 is 11.9 Å². The third-order valence-electron chi connectivity index (χ3n) is 6.23. The zero-order valence-corrected chi connectivity index (χ0v) is 21.8. The van der Waals surface area contributed by atoms with Crippen molar-refractivity contribution in [3.63, 3.8) is 0 Å². The first kappa shape index (κ1) is 29.9. The van der Waals surface area contributed by atoms with Crippen molar-refractivity contribution in [3.8, 4) is 0 Å². The number of hydrogen-bond acceptors (Lipinski definition) is 6. The number of unbranched alkanes of at least 4 members (excludes halogenated alkanes) is 12. The Balaban J connectivity index is 1.91. The zero-order valence-electron chi connectivity index (χ0n) is 21.8. The Kier molecular flexibility index (Phi) is 18.3. The largest absolute Gasteiger partial charge is 0.463 e. The lowest BCUT2D eigenvalue weighted by Gasteiger charge is -2.15. The summed E-state index contributed by atoms with van der Waals surface area (Å²) < 4.78 is 16.4. The van der Waals surface area contributed by atoms with Gasteiger partial charge in [0.25, 0.3) is 0 Å². The van der Waals surface area contributed by atoms with E-state index in [1.54, 1.807) is 0 Å². The van der Waals surface area contributed by atoms with Crippen molar-refractivity contribution in [1.29, 1.82) is 0 Å². The summed E-state index contributed by atoms with van der Waals surface area (Å²) in [6.07, 6.45) is 19.2. The van der Waals surface area contributed by atoms with E-state index in [0.717, 1.165) is 32.2 Å². The lowest BCUT2D eigenvalue weighted by Crippen LogP contribution is -2.23. The van der Waals surface area contributed by atoms with Crippen LogP contribution in [-0.4, -0.2) is 56.5 Å². The molecule has 1 saturated heterocycles. The van der Waals surface area contributed by atoms with Gasteiger partial charge >= 0.3 is 11.9 Å². The number of carbonyl (C=O) groups excluding carboxylic acids is 2. The van der Waals surface area contributed by atoms with Crippen LogP contribution < -0.4 is 0 Å². The van der Waals surface area contributed by atoms with Gasteiger partial charge in [0.15, 0.2) is 0 Å². The third-order valence-corrected chi connectivity index (χ3v) is 6.23. The average molecular weight is 470 g/mol. The molecule has 2 atom stereocenters. The van der Waals surface area contributed by atoms with E-state index >= 15 is 0 Å². The van der Waals surface area contributed by atoms with Gasteiger partial charge < -0.3 is 19.1 Å². The molecule has 0 unspecified atom stereocenters. The summed E-state index contributed by atoms with van der Waals surface area (Å²) in [5.41, 5.74) is 0.